The van der Waals surface area contributed by atoms with Gasteiger partial charge in [0.25, 0.3) is 0 Å². The van der Waals surface area contributed by atoms with Gasteiger partial charge in [-0.3, -0.25) is 0 Å². The number of nitrogens with zero attached hydrogens (tertiary/aromatic N) is 2. The average Bonchev–Trinajstić information content (AvgIpc) is 2.81. The van der Waals surface area contributed by atoms with Gasteiger partial charge in [-0.05, 0) is 50.5 Å². The van der Waals surface area contributed by atoms with Gasteiger partial charge in [-0.2, -0.15) is 16.6 Å². The van der Waals surface area contributed by atoms with Gasteiger partial charge in [0.2, 0.25) is 0 Å². The maximum absolute atomic E-state index is 9.17. The number of halogens is 1. The first-order chi connectivity index (χ1) is 8.22. The third-order valence-corrected chi connectivity index (χ3v) is 3.91. The van der Waals surface area contributed by atoms with Crippen molar-refractivity contribution in [2.75, 3.05) is 11.9 Å². The molecule has 0 amide bonds. The van der Waals surface area contributed by atoms with Crippen LogP contribution in [0.4, 0.5) is 5.69 Å². The smallest absolute Gasteiger partial charge is 0.103 e. The fourth-order valence-corrected chi connectivity index (χ4v) is 2.79. The maximum atomic E-state index is 9.17. The minimum absolute atomic E-state index is 0.685. The van der Waals surface area contributed by atoms with Gasteiger partial charge in [0, 0.05) is 18.1 Å². The second-order valence-corrected chi connectivity index (χ2v) is 5.37. The van der Waals surface area contributed by atoms with Crippen molar-refractivity contribution in [2.24, 2.45) is 0 Å². The molecule has 2 aromatic rings. The predicted molar refractivity (Wildman–Crippen MR) is 75.3 cm³/mol. The summed E-state index contributed by atoms with van der Waals surface area (Å²) < 4.78 is 0.842. The Balaban J connectivity index is 2.28. The molecule has 0 spiro atoms. The molecule has 0 aliphatic carbocycles. The molecule has 0 atom stereocenters. The van der Waals surface area contributed by atoms with E-state index in [1.54, 1.807) is 11.3 Å². The molecule has 17 heavy (non-hydrogen) atoms. The van der Waals surface area contributed by atoms with Gasteiger partial charge in [-0.15, -0.1) is 0 Å². The lowest BCUT2D eigenvalue weighted by Gasteiger charge is -2.20. The van der Waals surface area contributed by atoms with Crippen molar-refractivity contribution in [3.63, 3.8) is 0 Å². The first kappa shape index (κ1) is 12.2. The van der Waals surface area contributed by atoms with E-state index in [2.05, 4.69) is 43.7 Å². The van der Waals surface area contributed by atoms with E-state index >= 15 is 0 Å². The molecule has 4 heteroatoms. The Morgan fingerprint density at radius 1 is 1.41 bits per heavy atom. The SMILES string of the molecule is CN(Cc1ccsc1)c1cccc(Br)c1C#N. The summed E-state index contributed by atoms with van der Waals surface area (Å²) in [6.45, 7) is 0.814. The zero-order valence-corrected chi connectivity index (χ0v) is 11.8. The molecule has 0 fully saturated rings. The summed E-state index contributed by atoms with van der Waals surface area (Å²) in [5.74, 6) is 0. The highest BCUT2D eigenvalue weighted by molar-refractivity contribution is 9.10. The largest absolute Gasteiger partial charge is 0.369 e. The summed E-state index contributed by atoms with van der Waals surface area (Å²) in [4.78, 5) is 2.09. The predicted octanol–water partition coefficient (Wildman–Crippen LogP) is 4.02. The van der Waals surface area contributed by atoms with Crippen LogP contribution < -0.4 is 4.90 Å². The van der Waals surface area contributed by atoms with Crippen LogP contribution >= 0.6 is 27.3 Å². The van der Waals surface area contributed by atoms with Gasteiger partial charge in [0.1, 0.15) is 6.07 Å². The zero-order valence-electron chi connectivity index (χ0n) is 9.35. The average molecular weight is 307 g/mol. The van der Waals surface area contributed by atoms with Crippen molar-refractivity contribution < 1.29 is 0 Å². The maximum Gasteiger partial charge on any atom is 0.103 e. The number of hydrogen-bond acceptors (Lipinski definition) is 3. The van der Waals surface area contributed by atoms with Gasteiger partial charge < -0.3 is 4.90 Å². The monoisotopic (exact) mass is 306 g/mol. The van der Waals surface area contributed by atoms with E-state index < -0.39 is 0 Å². The van der Waals surface area contributed by atoms with E-state index in [4.69, 9.17) is 5.26 Å². The van der Waals surface area contributed by atoms with Gasteiger partial charge in [-0.25, -0.2) is 0 Å². The summed E-state index contributed by atoms with van der Waals surface area (Å²) in [5, 5.41) is 13.4. The summed E-state index contributed by atoms with van der Waals surface area (Å²) in [5.41, 5.74) is 2.90. The molecule has 2 rings (SSSR count). The fraction of sp³-hybridized carbons (Fsp3) is 0.154. The number of hydrogen-bond donors (Lipinski definition) is 0. The van der Waals surface area contributed by atoms with Crippen LogP contribution in [0.1, 0.15) is 11.1 Å². The van der Waals surface area contributed by atoms with Crippen molar-refractivity contribution in [1.29, 1.82) is 5.26 Å². The van der Waals surface area contributed by atoms with Crippen LogP contribution in [0.5, 0.6) is 0 Å². The molecule has 0 radical (unpaired) electrons. The third kappa shape index (κ3) is 2.68. The van der Waals surface area contributed by atoms with Crippen LogP contribution in [-0.2, 0) is 6.54 Å². The lowest BCUT2D eigenvalue weighted by molar-refractivity contribution is 0.924. The van der Waals surface area contributed by atoms with Crippen molar-refractivity contribution >= 4 is 33.0 Å². The second kappa shape index (κ2) is 5.35. The van der Waals surface area contributed by atoms with E-state index in [9.17, 15) is 0 Å². The standard InChI is InChI=1S/C13H11BrN2S/c1-16(8-10-5-6-17-9-10)13-4-2-3-12(14)11(13)7-15/h2-6,9H,8H2,1H3. The van der Waals surface area contributed by atoms with Crippen LogP contribution in [-0.4, -0.2) is 7.05 Å². The summed E-state index contributed by atoms with van der Waals surface area (Å²) in [7, 11) is 2.00. The van der Waals surface area contributed by atoms with Crippen molar-refractivity contribution in [1.82, 2.24) is 0 Å². The molecular weight excluding hydrogens is 296 g/mol. The highest BCUT2D eigenvalue weighted by Crippen LogP contribution is 2.27. The van der Waals surface area contributed by atoms with E-state index in [1.165, 1.54) is 5.56 Å². The van der Waals surface area contributed by atoms with Crippen molar-refractivity contribution in [3.05, 3.63) is 50.6 Å². The number of anilines is 1. The Morgan fingerprint density at radius 2 is 2.24 bits per heavy atom. The number of benzene rings is 1. The van der Waals surface area contributed by atoms with E-state index in [0.717, 1.165) is 16.7 Å². The molecule has 0 aliphatic rings. The number of nitriles is 1. The van der Waals surface area contributed by atoms with Crippen molar-refractivity contribution in [3.8, 4) is 6.07 Å². The molecule has 0 aliphatic heterocycles. The van der Waals surface area contributed by atoms with E-state index in [0.29, 0.717) is 5.56 Å². The lowest BCUT2D eigenvalue weighted by atomic mass is 10.1. The van der Waals surface area contributed by atoms with Gasteiger partial charge >= 0.3 is 0 Å². The molecule has 86 valence electrons. The molecule has 0 unspecified atom stereocenters. The van der Waals surface area contributed by atoms with Crippen LogP contribution in [0.2, 0.25) is 0 Å². The van der Waals surface area contributed by atoms with Crippen molar-refractivity contribution in [2.45, 2.75) is 6.54 Å². The summed E-state index contributed by atoms with van der Waals surface area (Å²) >= 11 is 5.10. The Kier molecular flexibility index (Phi) is 3.82. The van der Waals surface area contributed by atoms with Crippen LogP contribution in [0, 0.1) is 11.3 Å². The van der Waals surface area contributed by atoms with E-state index in [-0.39, 0.29) is 0 Å². The molecule has 0 saturated carbocycles. The molecule has 0 bridgehead atoms. The number of rotatable bonds is 3. The Hall–Kier alpha value is -1.31. The highest BCUT2D eigenvalue weighted by Gasteiger charge is 2.10. The summed E-state index contributed by atoms with van der Waals surface area (Å²) in [6.07, 6.45) is 0. The minimum Gasteiger partial charge on any atom is -0.369 e. The molecular formula is C13H11BrN2S. The van der Waals surface area contributed by atoms with Crippen LogP contribution in [0.15, 0.2) is 39.5 Å². The lowest BCUT2D eigenvalue weighted by Crippen LogP contribution is -2.17. The molecule has 1 heterocycles. The normalized spacial score (nSPS) is 9.94. The van der Waals surface area contributed by atoms with Crippen LogP contribution in [0.25, 0.3) is 0 Å². The molecule has 0 saturated heterocycles. The van der Waals surface area contributed by atoms with Gasteiger partial charge in [-0.1, -0.05) is 6.07 Å². The van der Waals surface area contributed by atoms with Gasteiger partial charge in [0.15, 0.2) is 0 Å². The second-order valence-electron chi connectivity index (χ2n) is 3.73. The number of thiophene rings is 1. The zero-order chi connectivity index (χ0) is 12.3. The topological polar surface area (TPSA) is 27.0 Å². The first-order valence-corrected chi connectivity index (χ1v) is 6.87. The molecule has 1 aromatic carbocycles. The van der Waals surface area contributed by atoms with E-state index in [1.807, 2.05) is 25.2 Å². The Bertz CT molecular complexity index is 543. The highest BCUT2D eigenvalue weighted by atomic mass is 79.9. The van der Waals surface area contributed by atoms with Gasteiger partial charge in [0.05, 0.1) is 11.3 Å². The first-order valence-electron chi connectivity index (χ1n) is 5.13. The Morgan fingerprint density at radius 3 is 2.88 bits per heavy atom. The summed E-state index contributed by atoms with van der Waals surface area (Å²) in [6, 6.07) is 10.1. The molecule has 1 aromatic heterocycles. The third-order valence-electron chi connectivity index (χ3n) is 2.51. The molecule has 2 nitrogen and oxygen atoms in total. The Labute approximate surface area is 113 Å². The quantitative estimate of drug-likeness (QED) is 0.856. The van der Waals surface area contributed by atoms with Crippen LogP contribution in [0.3, 0.4) is 0 Å². The minimum atomic E-state index is 0.685. The molecule has 0 N–H and O–H groups in total. The fourth-order valence-electron chi connectivity index (χ4n) is 1.68.